The molecular formula is C10H12FN5O4. The molecule has 1 aliphatic rings. The van der Waals surface area contributed by atoms with Gasteiger partial charge in [0.1, 0.15) is 6.23 Å². The number of hydrogen-bond donors (Lipinski definition) is 2. The summed E-state index contributed by atoms with van der Waals surface area (Å²) in [4.78, 5) is 27.1. The van der Waals surface area contributed by atoms with Crippen molar-refractivity contribution in [3.63, 3.8) is 0 Å². The predicted molar refractivity (Wildman–Crippen MR) is 64.4 cm³/mol. The van der Waals surface area contributed by atoms with Gasteiger partial charge in [0.15, 0.2) is 0 Å². The topological polar surface area (TPSA) is 133 Å². The summed E-state index contributed by atoms with van der Waals surface area (Å²) in [5, 5.41) is 12.8. The lowest BCUT2D eigenvalue weighted by atomic mass is 9.98. The molecular weight excluding hydrogens is 273 g/mol. The van der Waals surface area contributed by atoms with Gasteiger partial charge in [-0.2, -0.15) is 4.39 Å². The van der Waals surface area contributed by atoms with E-state index in [1.807, 2.05) is 4.98 Å². The van der Waals surface area contributed by atoms with Crippen LogP contribution in [0.4, 0.5) is 4.39 Å². The van der Waals surface area contributed by atoms with E-state index in [-0.39, 0.29) is 6.42 Å². The largest absolute Gasteiger partial charge is 0.393 e. The summed E-state index contributed by atoms with van der Waals surface area (Å²) >= 11 is 0. The molecule has 108 valence electrons. The van der Waals surface area contributed by atoms with Crippen LogP contribution < -0.4 is 11.2 Å². The molecule has 1 aromatic rings. The Balaban J connectivity index is 2.42. The quantitative estimate of drug-likeness (QED) is 0.460. The Bertz CT molecular complexity index is 679. The fourth-order valence-electron chi connectivity index (χ4n) is 2.10. The number of azide groups is 1. The third kappa shape index (κ3) is 2.31. The summed E-state index contributed by atoms with van der Waals surface area (Å²) in [7, 11) is 0. The second-order valence-corrected chi connectivity index (χ2v) is 4.64. The molecule has 0 amide bonds. The molecule has 0 saturated carbocycles. The highest BCUT2D eigenvalue weighted by molar-refractivity contribution is 4.98. The number of aliphatic hydroxyl groups is 1. The number of hydrogen-bond acceptors (Lipinski definition) is 5. The number of H-pyrrole nitrogens is 1. The van der Waals surface area contributed by atoms with E-state index in [0.717, 1.165) is 10.8 Å². The lowest BCUT2D eigenvalue weighted by Gasteiger charge is -2.25. The Hall–Kier alpha value is -2.16. The maximum atomic E-state index is 13.2. The Morgan fingerprint density at radius 1 is 1.75 bits per heavy atom. The van der Waals surface area contributed by atoms with Gasteiger partial charge in [-0.3, -0.25) is 14.3 Å². The van der Waals surface area contributed by atoms with Crippen molar-refractivity contribution in [1.82, 2.24) is 9.55 Å². The maximum Gasteiger partial charge on any atom is 0.330 e. The molecule has 2 heterocycles. The first kappa shape index (κ1) is 14.3. The lowest BCUT2D eigenvalue weighted by Crippen LogP contribution is -2.39. The zero-order valence-electron chi connectivity index (χ0n) is 10.5. The third-order valence-electron chi connectivity index (χ3n) is 3.27. The molecule has 2 rings (SSSR count). The standard InChI is InChI=1S/C10H12FN5O4/c1-10(4-17)6(14-15-12)2-7(20-10)16-3-5(11)8(18)13-9(16)19/h3,6-7,17H,2,4H2,1H3,(H,13,18,19)/t6-,7-,10+/m0/s1. The van der Waals surface area contributed by atoms with Crippen LogP contribution in [0.1, 0.15) is 19.6 Å². The Labute approximate surface area is 111 Å². The average Bonchev–Trinajstić information content (AvgIpc) is 2.73. The summed E-state index contributed by atoms with van der Waals surface area (Å²) < 4.78 is 19.6. The molecule has 9 nitrogen and oxygen atoms in total. The predicted octanol–water partition coefficient (Wildman–Crippen LogP) is 0.0245. The average molecular weight is 285 g/mol. The van der Waals surface area contributed by atoms with Gasteiger partial charge in [-0.25, -0.2) is 4.79 Å². The number of aromatic nitrogens is 2. The van der Waals surface area contributed by atoms with Crippen molar-refractivity contribution in [2.24, 2.45) is 5.11 Å². The van der Waals surface area contributed by atoms with Crippen LogP contribution in [0.2, 0.25) is 0 Å². The van der Waals surface area contributed by atoms with Crippen molar-refractivity contribution in [3.8, 4) is 0 Å². The first-order valence-electron chi connectivity index (χ1n) is 5.75. The fourth-order valence-corrected chi connectivity index (χ4v) is 2.10. The molecule has 1 fully saturated rings. The summed E-state index contributed by atoms with van der Waals surface area (Å²) in [6.45, 7) is 1.08. The van der Waals surface area contributed by atoms with E-state index in [1.54, 1.807) is 0 Å². The summed E-state index contributed by atoms with van der Waals surface area (Å²) in [5.74, 6) is -1.13. The molecule has 0 aliphatic carbocycles. The third-order valence-corrected chi connectivity index (χ3v) is 3.27. The second kappa shape index (κ2) is 5.08. The zero-order chi connectivity index (χ0) is 14.9. The van der Waals surface area contributed by atoms with E-state index in [4.69, 9.17) is 10.3 Å². The van der Waals surface area contributed by atoms with Gasteiger partial charge in [0.25, 0.3) is 5.56 Å². The molecule has 1 aromatic heterocycles. The van der Waals surface area contributed by atoms with Crippen molar-refractivity contribution < 1.29 is 14.2 Å². The van der Waals surface area contributed by atoms with Crippen LogP contribution in [0.5, 0.6) is 0 Å². The second-order valence-electron chi connectivity index (χ2n) is 4.64. The highest BCUT2D eigenvalue weighted by Crippen LogP contribution is 2.37. The molecule has 1 saturated heterocycles. The van der Waals surface area contributed by atoms with Crippen molar-refractivity contribution >= 4 is 0 Å². The minimum absolute atomic E-state index is 0.0759. The number of ether oxygens (including phenoxy) is 1. The van der Waals surface area contributed by atoms with Crippen LogP contribution in [0.25, 0.3) is 10.4 Å². The molecule has 0 aromatic carbocycles. The molecule has 0 bridgehead atoms. The van der Waals surface area contributed by atoms with Gasteiger partial charge >= 0.3 is 5.69 Å². The fraction of sp³-hybridized carbons (Fsp3) is 0.600. The molecule has 0 unspecified atom stereocenters. The Kier molecular flexibility index (Phi) is 3.62. The number of aromatic amines is 1. The first-order valence-corrected chi connectivity index (χ1v) is 5.75. The number of rotatable bonds is 3. The van der Waals surface area contributed by atoms with Gasteiger partial charge in [0.05, 0.1) is 24.4 Å². The summed E-state index contributed by atoms with van der Waals surface area (Å²) in [6.07, 6.45) is -0.143. The van der Waals surface area contributed by atoms with Gasteiger partial charge in [0, 0.05) is 11.3 Å². The highest BCUT2D eigenvalue weighted by Gasteiger charge is 2.45. The molecule has 3 atom stereocenters. The molecule has 1 aliphatic heterocycles. The van der Waals surface area contributed by atoms with Crippen LogP contribution >= 0.6 is 0 Å². The molecule has 20 heavy (non-hydrogen) atoms. The van der Waals surface area contributed by atoms with E-state index in [2.05, 4.69) is 10.0 Å². The molecule has 0 spiro atoms. The number of aliphatic hydroxyl groups excluding tert-OH is 1. The molecule has 2 N–H and O–H groups in total. The maximum absolute atomic E-state index is 13.2. The molecule has 10 heteroatoms. The zero-order valence-corrected chi connectivity index (χ0v) is 10.5. The Morgan fingerprint density at radius 2 is 2.45 bits per heavy atom. The summed E-state index contributed by atoms with van der Waals surface area (Å²) in [5.41, 5.74) is 5.35. The Morgan fingerprint density at radius 3 is 3.05 bits per heavy atom. The molecule has 0 radical (unpaired) electrons. The van der Waals surface area contributed by atoms with E-state index < -0.39 is 41.5 Å². The normalized spacial score (nSPS) is 29.1. The van der Waals surface area contributed by atoms with Gasteiger partial charge in [-0.05, 0) is 12.5 Å². The van der Waals surface area contributed by atoms with Gasteiger partial charge in [-0.15, -0.1) is 0 Å². The smallest absolute Gasteiger partial charge is 0.330 e. The SMILES string of the molecule is C[C@]1(CO)O[C@H](n2cc(F)c(=O)[nH]c2=O)C[C@@H]1N=[N+]=[N-]. The van der Waals surface area contributed by atoms with E-state index in [0.29, 0.717) is 0 Å². The number of nitrogens with zero attached hydrogens (tertiary/aromatic N) is 4. The van der Waals surface area contributed by atoms with Crippen molar-refractivity contribution in [1.29, 1.82) is 0 Å². The van der Waals surface area contributed by atoms with Crippen LogP contribution in [0.15, 0.2) is 20.9 Å². The first-order chi connectivity index (χ1) is 9.41. The van der Waals surface area contributed by atoms with E-state index in [9.17, 15) is 19.1 Å². The minimum Gasteiger partial charge on any atom is -0.393 e. The lowest BCUT2D eigenvalue weighted by molar-refractivity contribution is -0.0923. The van der Waals surface area contributed by atoms with Gasteiger partial charge in [0.2, 0.25) is 5.82 Å². The van der Waals surface area contributed by atoms with Gasteiger partial charge < -0.3 is 9.84 Å². The van der Waals surface area contributed by atoms with Crippen molar-refractivity contribution in [2.75, 3.05) is 6.61 Å². The van der Waals surface area contributed by atoms with Crippen LogP contribution in [0, 0.1) is 5.82 Å². The highest BCUT2D eigenvalue weighted by atomic mass is 19.1. The number of nitrogens with one attached hydrogen (secondary N) is 1. The van der Waals surface area contributed by atoms with Crippen LogP contribution in [-0.4, -0.2) is 32.9 Å². The van der Waals surface area contributed by atoms with Crippen molar-refractivity contribution in [3.05, 3.63) is 43.3 Å². The monoisotopic (exact) mass is 285 g/mol. The minimum atomic E-state index is -1.18. The van der Waals surface area contributed by atoms with E-state index in [1.165, 1.54) is 6.92 Å². The van der Waals surface area contributed by atoms with Crippen LogP contribution in [-0.2, 0) is 4.74 Å². The number of halogens is 1. The van der Waals surface area contributed by atoms with Crippen molar-refractivity contribution in [2.45, 2.75) is 31.2 Å². The van der Waals surface area contributed by atoms with E-state index >= 15 is 0 Å². The van der Waals surface area contributed by atoms with Crippen LogP contribution in [0.3, 0.4) is 0 Å². The van der Waals surface area contributed by atoms with Gasteiger partial charge in [-0.1, -0.05) is 5.11 Å². The summed E-state index contributed by atoms with van der Waals surface area (Å²) in [6, 6.07) is -0.718.